The van der Waals surface area contributed by atoms with Crippen LogP contribution in [-0.2, 0) is 0 Å². The standard InChI is InChI=1S/C70H56N2O/c1-5-15-49(16-6-1)64-46-67(52-27-33-60(34-28-52)72(57-21-11-4-12-22-57)61-37-38-63-62-23-13-14-24-68(62)73-69(63)44-61)65(50-17-7-2-8-18-50)45-66(64)51-25-31-58(32-26-51)71(56-19-9-3-10-20-56)59-35-29-53(30-36-59)70-54-40-47-39-48(42-54)43-55(70)41-47/h1-38,44-48,54-55,70H,39-43H2. The maximum absolute atomic E-state index is 6.39. The van der Waals surface area contributed by atoms with Crippen molar-refractivity contribution in [1.82, 2.24) is 0 Å². The van der Waals surface area contributed by atoms with E-state index in [2.05, 4.69) is 246 Å². The van der Waals surface area contributed by atoms with E-state index in [1.807, 2.05) is 12.1 Å². The van der Waals surface area contributed by atoms with Crippen molar-refractivity contribution < 1.29 is 4.42 Å². The number of hydrogen-bond acceptors (Lipinski definition) is 3. The highest BCUT2D eigenvalue weighted by molar-refractivity contribution is 6.06. The molecule has 0 saturated heterocycles. The van der Waals surface area contributed by atoms with Gasteiger partial charge in [-0.3, -0.25) is 0 Å². The summed E-state index contributed by atoms with van der Waals surface area (Å²) in [5.74, 6) is 4.41. The van der Waals surface area contributed by atoms with Crippen molar-refractivity contribution >= 4 is 56.1 Å². The topological polar surface area (TPSA) is 19.6 Å². The zero-order valence-electron chi connectivity index (χ0n) is 40.9. The maximum Gasteiger partial charge on any atom is 0.137 e. The zero-order chi connectivity index (χ0) is 48.2. The molecule has 10 aromatic carbocycles. The van der Waals surface area contributed by atoms with E-state index in [4.69, 9.17) is 4.42 Å². The minimum Gasteiger partial charge on any atom is -0.456 e. The van der Waals surface area contributed by atoms with Crippen molar-refractivity contribution in [3.8, 4) is 44.5 Å². The lowest BCUT2D eigenvalue weighted by atomic mass is 9.51. The Morgan fingerprint density at radius 2 is 0.658 bits per heavy atom. The molecule has 4 aliphatic carbocycles. The van der Waals surface area contributed by atoms with Crippen molar-refractivity contribution in [2.45, 2.75) is 38.0 Å². The van der Waals surface area contributed by atoms with Gasteiger partial charge in [-0.25, -0.2) is 0 Å². The van der Waals surface area contributed by atoms with E-state index in [9.17, 15) is 0 Å². The lowest BCUT2D eigenvalue weighted by molar-refractivity contribution is -0.00277. The predicted molar refractivity (Wildman–Crippen MR) is 305 cm³/mol. The summed E-state index contributed by atoms with van der Waals surface area (Å²) in [7, 11) is 0. The maximum atomic E-state index is 6.39. The van der Waals surface area contributed by atoms with Crippen LogP contribution >= 0.6 is 0 Å². The SMILES string of the molecule is c1ccc(-c2cc(-c3ccc(N(c4ccccc4)c4ccc5c(c4)oc4ccccc45)cc3)c(-c3ccccc3)cc2-c2ccc(N(c3ccccc3)c3ccc(C4C5CC6CC(C5)CC4C6)cc3)cc2)cc1. The summed E-state index contributed by atoms with van der Waals surface area (Å²) in [5, 5.41) is 2.25. The summed E-state index contributed by atoms with van der Waals surface area (Å²) in [6.45, 7) is 0. The largest absolute Gasteiger partial charge is 0.456 e. The number of hydrogen-bond donors (Lipinski definition) is 0. The summed E-state index contributed by atoms with van der Waals surface area (Å²) in [4.78, 5) is 4.73. The highest BCUT2D eigenvalue weighted by Crippen LogP contribution is 2.60. The fourth-order valence-corrected chi connectivity index (χ4v) is 13.6. The Morgan fingerprint density at radius 3 is 1.15 bits per heavy atom. The minimum absolute atomic E-state index is 0.720. The van der Waals surface area contributed by atoms with Crippen LogP contribution in [0.3, 0.4) is 0 Å². The molecule has 352 valence electrons. The Morgan fingerprint density at radius 1 is 0.288 bits per heavy atom. The van der Waals surface area contributed by atoms with Crippen LogP contribution in [-0.4, -0.2) is 0 Å². The lowest BCUT2D eigenvalue weighted by Gasteiger charge is -2.54. The molecule has 4 fully saturated rings. The van der Waals surface area contributed by atoms with E-state index in [-0.39, 0.29) is 0 Å². The molecule has 0 radical (unpaired) electrons. The summed E-state index contributed by atoms with van der Waals surface area (Å²) in [6.07, 6.45) is 7.25. The van der Waals surface area contributed by atoms with Gasteiger partial charge in [-0.05, 0) is 203 Å². The molecule has 4 bridgehead atoms. The molecule has 1 aromatic heterocycles. The van der Waals surface area contributed by atoms with Gasteiger partial charge in [-0.15, -0.1) is 0 Å². The first-order valence-electron chi connectivity index (χ1n) is 26.4. The first-order chi connectivity index (χ1) is 36.1. The molecule has 73 heavy (non-hydrogen) atoms. The average molecular weight is 941 g/mol. The summed E-state index contributed by atoms with van der Waals surface area (Å²) in [6, 6.07) is 90.9. The molecule has 3 heteroatoms. The second-order valence-electron chi connectivity index (χ2n) is 20.9. The van der Waals surface area contributed by atoms with Gasteiger partial charge >= 0.3 is 0 Å². The molecular formula is C70H56N2O. The summed E-state index contributed by atoms with van der Waals surface area (Å²) in [5.41, 5.74) is 19.4. The molecule has 4 aliphatic rings. The van der Waals surface area contributed by atoms with Gasteiger partial charge < -0.3 is 14.2 Å². The van der Waals surface area contributed by atoms with E-state index >= 15 is 0 Å². The first-order valence-corrected chi connectivity index (χ1v) is 26.4. The number of furan rings is 1. The number of nitrogens with zero attached hydrogens (tertiary/aromatic N) is 2. The molecule has 4 saturated carbocycles. The van der Waals surface area contributed by atoms with Crippen molar-refractivity contribution in [2.75, 3.05) is 9.80 Å². The Labute approximate surface area is 428 Å². The molecule has 0 atom stereocenters. The molecule has 11 aromatic rings. The summed E-state index contributed by atoms with van der Waals surface area (Å²) >= 11 is 0. The van der Waals surface area contributed by atoms with E-state index in [0.29, 0.717) is 0 Å². The van der Waals surface area contributed by atoms with Gasteiger partial charge in [0.15, 0.2) is 0 Å². The highest BCUT2D eigenvalue weighted by atomic mass is 16.3. The normalized spacial score (nSPS) is 18.8. The van der Waals surface area contributed by atoms with Gasteiger partial charge in [0.1, 0.15) is 11.2 Å². The molecule has 0 aliphatic heterocycles. The molecule has 3 nitrogen and oxygen atoms in total. The average Bonchev–Trinajstić information content (AvgIpc) is 3.83. The number of rotatable bonds is 11. The van der Waals surface area contributed by atoms with Crippen LogP contribution in [0.5, 0.6) is 0 Å². The van der Waals surface area contributed by atoms with Gasteiger partial charge in [-0.1, -0.05) is 152 Å². The molecule has 0 N–H and O–H groups in total. The third-order valence-electron chi connectivity index (χ3n) is 16.6. The van der Waals surface area contributed by atoms with E-state index in [1.165, 1.54) is 76.7 Å². The van der Waals surface area contributed by atoms with Crippen LogP contribution < -0.4 is 9.80 Å². The third kappa shape index (κ3) is 8.01. The van der Waals surface area contributed by atoms with Crippen LogP contribution in [0.2, 0.25) is 0 Å². The Bertz CT molecular complexity index is 3690. The first kappa shape index (κ1) is 43.4. The minimum atomic E-state index is 0.720. The van der Waals surface area contributed by atoms with Crippen molar-refractivity contribution in [3.63, 3.8) is 0 Å². The van der Waals surface area contributed by atoms with Gasteiger partial charge in [0.2, 0.25) is 0 Å². The Kier molecular flexibility index (Phi) is 10.9. The molecule has 0 unspecified atom stereocenters. The van der Waals surface area contributed by atoms with Crippen LogP contribution in [0.1, 0.15) is 43.6 Å². The van der Waals surface area contributed by atoms with Gasteiger partial charge in [0, 0.05) is 51.0 Å². The number of benzene rings is 10. The third-order valence-corrected chi connectivity index (χ3v) is 16.6. The Hall–Kier alpha value is -8.40. The number of fused-ring (bicyclic) bond motifs is 3. The smallest absolute Gasteiger partial charge is 0.137 e. The molecule has 15 rings (SSSR count). The molecule has 0 amide bonds. The van der Waals surface area contributed by atoms with E-state index in [1.54, 1.807) is 5.56 Å². The van der Waals surface area contributed by atoms with Crippen molar-refractivity contribution in [2.24, 2.45) is 23.7 Å². The van der Waals surface area contributed by atoms with E-state index in [0.717, 1.165) is 85.5 Å². The van der Waals surface area contributed by atoms with Crippen LogP contribution in [0.15, 0.2) is 253 Å². The highest BCUT2D eigenvalue weighted by Gasteiger charge is 2.48. The molecular weight excluding hydrogens is 885 g/mol. The predicted octanol–water partition coefficient (Wildman–Crippen LogP) is 19.7. The Balaban J connectivity index is 0.843. The van der Waals surface area contributed by atoms with Crippen LogP contribution in [0.4, 0.5) is 34.1 Å². The van der Waals surface area contributed by atoms with Crippen molar-refractivity contribution in [1.29, 1.82) is 0 Å². The van der Waals surface area contributed by atoms with Gasteiger partial charge in [-0.2, -0.15) is 0 Å². The molecule has 1 heterocycles. The van der Waals surface area contributed by atoms with Gasteiger partial charge in [0.25, 0.3) is 0 Å². The second kappa shape index (κ2) is 18.3. The van der Waals surface area contributed by atoms with Crippen LogP contribution in [0.25, 0.3) is 66.4 Å². The zero-order valence-corrected chi connectivity index (χ0v) is 40.9. The number of anilines is 6. The van der Waals surface area contributed by atoms with Gasteiger partial charge in [0.05, 0.1) is 0 Å². The van der Waals surface area contributed by atoms with Crippen molar-refractivity contribution in [3.05, 3.63) is 254 Å². The summed E-state index contributed by atoms with van der Waals surface area (Å²) < 4.78 is 6.39. The fourth-order valence-electron chi connectivity index (χ4n) is 13.6. The quantitative estimate of drug-likeness (QED) is 0.129. The number of para-hydroxylation sites is 3. The second-order valence-corrected chi connectivity index (χ2v) is 20.9. The molecule has 0 spiro atoms. The van der Waals surface area contributed by atoms with Crippen LogP contribution in [0, 0.1) is 23.7 Å². The van der Waals surface area contributed by atoms with E-state index < -0.39 is 0 Å². The lowest BCUT2D eigenvalue weighted by Crippen LogP contribution is -2.43. The monoisotopic (exact) mass is 940 g/mol. The fraction of sp³-hybridized carbons (Fsp3) is 0.143.